The molecule has 3 heterocycles. The smallest absolute Gasteiger partial charge is 0.239 e. The number of halogens is 2. The number of hydrogen-bond acceptors (Lipinski definition) is 4. The largest absolute Gasteiger partial charge is 0.381 e. The van der Waals surface area contributed by atoms with Crippen molar-refractivity contribution in [3.05, 3.63) is 18.0 Å². The lowest BCUT2D eigenvalue weighted by molar-refractivity contribution is -0.135. The summed E-state index contributed by atoms with van der Waals surface area (Å²) >= 11 is 0. The lowest BCUT2D eigenvalue weighted by Crippen LogP contribution is -2.51. The highest BCUT2D eigenvalue weighted by Gasteiger charge is 2.32. The third-order valence-electron chi connectivity index (χ3n) is 4.83. The van der Waals surface area contributed by atoms with Crippen LogP contribution in [-0.4, -0.2) is 53.3 Å². The van der Waals surface area contributed by atoms with Gasteiger partial charge in [0.15, 0.2) is 0 Å². The number of carbonyl (C=O) groups excluding carboxylic acids is 1. The summed E-state index contributed by atoms with van der Waals surface area (Å²) in [6.45, 7) is 3.04. The summed E-state index contributed by atoms with van der Waals surface area (Å²) in [7, 11) is 0. The second kappa shape index (κ2) is 9.47. The minimum absolute atomic E-state index is 0. The zero-order valence-electron chi connectivity index (χ0n) is 13.1. The molecule has 0 saturated carbocycles. The molecule has 0 radical (unpaired) electrons. The summed E-state index contributed by atoms with van der Waals surface area (Å²) in [5, 5.41) is 7.04. The van der Waals surface area contributed by atoms with E-state index < -0.39 is 0 Å². The number of rotatable bonds is 3. The number of ether oxygens (including phenoxy) is 1. The second-order valence-corrected chi connectivity index (χ2v) is 6.09. The molecule has 3 rings (SSSR count). The minimum atomic E-state index is -0.363. The topological polar surface area (TPSA) is 84.2 Å². The average molecular weight is 365 g/mol. The first-order valence-electron chi connectivity index (χ1n) is 7.87. The molecule has 2 aliphatic rings. The van der Waals surface area contributed by atoms with Crippen LogP contribution in [0.1, 0.15) is 37.3 Å². The molecule has 23 heavy (non-hydrogen) atoms. The number of H-pyrrole nitrogens is 1. The molecule has 6 nitrogen and oxygen atoms in total. The van der Waals surface area contributed by atoms with Crippen molar-refractivity contribution in [2.24, 2.45) is 11.7 Å². The number of nitrogens with one attached hydrogen (secondary N) is 1. The maximum absolute atomic E-state index is 12.5. The summed E-state index contributed by atoms with van der Waals surface area (Å²) < 4.78 is 5.34. The lowest BCUT2D eigenvalue weighted by Gasteiger charge is -2.35. The van der Waals surface area contributed by atoms with Gasteiger partial charge in [0.2, 0.25) is 5.91 Å². The Labute approximate surface area is 149 Å². The van der Waals surface area contributed by atoms with Crippen molar-refractivity contribution in [2.45, 2.75) is 37.6 Å². The molecule has 0 aromatic carbocycles. The molecule has 1 atom stereocenters. The SMILES string of the molecule is Cl.Cl.NC(C(=O)N1CCC(c2ccn[nH]2)CC1)C1CCOCC1. The van der Waals surface area contributed by atoms with Crippen LogP contribution in [-0.2, 0) is 9.53 Å². The molecular formula is C15H26Cl2N4O2. The number of aromatic amines is 1. The van der Waals surface area contributed by atoms with Crippen LogP contribution < -0.4 is 5.73 Å². The predicted octanol–water partition coefficient (Wildman–Crippen LogP) is 1.71. The average Bonchev–Trinajstić information content (AvgIpc) is 3.09. The fraction of sp³-hybridized carbons (Fsp3) is 0.733. The van der Waals surface area contributed by atoms with E-state index in [1.54, 1.807) is 6.20 Å². The van der Waals surface area contributed by atoms with Crippen molar-refractivity contribution in [1.29, 1.82) is 0 Å². The van der Waals surface area contributed by atoms with Gasteiger partial charge in [-0.2, -0.15) is 5.10 Å². The van der Waals surface area contributed by atoms with Gasteiger partial charge in [-0.1, -0.05) is 0 Å². The molecule has 1 unspecified atom stereocenters. The molecule has 1 aromatic rings. The quantitative estimate of drug-likeness (QED) is 0.854. The molecule has 2 fully saturated rings. The van der Waals surface area contributed by atoms with Crippen molar-refractivity contribution in [1.82, 2.24) is 15.1 Å². The standard InChI is InChI=1S/C15H24N4O2.2ClH/c16-14(12-4-9-21-10-5-12)15(20)19-7-2-11(3-8-19)13-1-6-17-18-13;;/h1,6,11-12,14H,2-5,7-10,16H2,(H,17,18);2*1H. The Balaban J connectivity index is 0.00000132. The van der Waals surface area contributed by atoms with E-state index in [-0.39, 0.29) is 42.7 Å². The Morgan fingerprint density at radius 3 is 2.48 bits per heavy atom. The van der Waals surface area contributed by atoms with Gasteiger partial charge in [0, 0.05) is 44.1 Å². The van der Waals surface area contributed by atoms with Crippen LogP contribution in [0.4, 0.5) is 0 Å². The monoisotopic (exact) mass is 364 g/mol. The molecule has 132 valence electrons. The fourth-order valence-electron chi connectivity index (χ4n) is 3.39. The Morgan fingerprint density at radius 1 is 1.26 bits per heavy atom. The van der Waals surface area contributed by atoms with Gasteiger partial charge in [-0.15, -0.1) is 24.8 Å². The molecule has 2 saturated heterocycles. The lowest BCUT2D eigenvalue weighted by atomic mass is 9.89. The normalized spacial score (nSPS) is 21.2. The van der Waals surface area contributed by atoms with Crippen LogP contribution in [0.15, 0.2) is 12.3 Å². The number of piperidine rings is 1. The fourth-order valence-corrected chi connectivity index (χ4v) is 3.39. The highest BCUT2D eigenvalue weighted by molar-refractivity contribution is 5.85. The summed E-state index contributed by atoms with van der Waals surface area (Å²) in [4.78, 5) is 14.5. The van der Waals surface area contributed by atoms with Crippen LogP contribution in [0.3, 0.4) is 0 Å². The van der Waals surface area contributed by atoms with Crippen molar-refractivity contribution in [3.63, 3.8) is 0 Å². The van der Waals surface area contributed by atoms with Crippen LogP contribution in [0.5, 0.6) is 0 Å². The minimum Gasteiger partial charge on any atom is -0.381 e. The Kier molecular flexibility index (Phi) is 8.33. The summed E-state index contributed by atoms with van der Waals surface area (Å²) in [5.41, 5.74) is 7.37. The van der Waals surface area contributed by atoms with Gasteiger partial charge in [-0.3, -0.25) is 9.89 Å². The number of carbonyl (C=O) groups is 1. The Morgan fingerprint density at radius 2 is 1.91 bits per heavy atom. The zero-order valence-corrected chi connectivity index (χ0v) is 14.8. The third-order valence-corrected chi connectivity index (χ3v) is 4.83. The zero-order chi connectivity index (χ0) is 14.7. The van der Waals surface area contributed by atoms with Crippen LogP contribution in [0.25, 0.3) is 0 Å². The van der Waals surface area contributed by atoms with Gasteiger partial charge in [0.1, 0.15) is 0 Å². The van der Waals surface area contributed by atoms with E-state index in [4.69, 9.17) is 10.5 Å². The van der Waals surface area contributed by atoms with E-state index in [1.807, 2.05) is 11.0 Å². The van der Waals surface area contributed by atoms with Crippen LogP contribution >= 0.6 is 24.8 Å². The first kappa shape index (κ1) is 20.2. The molecule has 0 aliphatic carbocycles. The van der Waals surface area contributed by atoms with Gasteiger partial charge in [0.25, 0.3) is 0 Å². The number of likely N-dealkylation sites (tertiary alicyclic amines) is 1. The van der Waals surface area contributed by atoms with Crippen molar-refractivity contribution in [3.8, 4) is 0 Å². The molecule has 1 aromatic heterocycles. The first-order valence-corrected chi connectivity index (χ1v) is 7.87. The molecule has 0 bridgehead atoms. The second-order valence-electron chi connectivity index (χ2n) is 6.09. The number of hydrogen-bond donors (Lipinski definition) is 2. The third kappa shape index (κ3) is 4.83. The number of nitrogens with two attached hydrogens (primary N) is 1. The van der Waals surface area contributed by atoms with Gasteiger partial charge in [-0.25, -0.2) is 0 Å². The predicted molar refractivity (Wildman–Crippen MR) is 93.2 cm³/mol. The number of aromatic nitrogens is 2. The van der Waals surface area contributed by atoms with E-state index in [0.29, 0.717) is 5.92 Å². The summed E-state index contributed by atoms with van der Waals surface area (Å²) in [6.07, 6.45) is 5.55. The molecule has 0 spiro atoms. The van der Waals surface area contributed by atoms with E-state index in [1.165, 1.54) is 5.69 Å². The van der Waals surface area contributed by atoms with Crippen molar-refractivity contribution < 1.29 is 9.53 Å². The molecule has 1 amide bonds. The van der Waals surface area contributed by atoms with E-state index in [9.17, 15) is 4.79 Å². The molecular weight excluding hydrogens is 339 g/mol. The highest BCUT2D eigenvalue weighted by Crippen LogP contribution is 2.27. The maximum atomic E-state index is 12.5. The van der Waals surface area contributed by atoms with Crippen molar-refractivity contribution >= 4 is 30.7 Å². The van der Waals surface area contributed by atoms with E-state index in [2.05, 4.69) is 10.2 Å². The van der Waals surface area contributed by atoms with Gasteiger partial charge in [0.05, 0.1) is 6.04 Å². The number of amides is 1. The Bertz CT molecular complexity index is 458. The van der Waals surface area contributed by atoms with Crippen molar-refractivity contribution in [2.75, 3.05) is 26.3 Å². The molecule has 2 aliphatic heterocycles. The van der Waals surface area contributed by atoms with Crippen LogP contribution in [0.2, 0.25) is 0 Å². The first-order chi connectivity index (χ1) is 10.3. The Hall–Kier alpha value is -0.820. The molecule has 8 heteroatoms. The van der Waals surface area contributed by atoms with Gasteiger partial charge in [-0.05, 0) is 37.7 Å². The molecule has 3 N–H and O–H groups in total. The summed E-state index contributed by atoms with van der Waals surface area (Å²) in [5.74, 6) is 0.873. The van der Waals surface area contributed by atoms with Crippen LogP contribution in [0, 0.1) is 5.92 Å². The number of nitrogens with zero attached hydrogens (tertiary/aromatic N) is 2. The van der Waals surface area contributed by atoms with Gasteiger partial charge >= 0.3 is 0 Å². The van der Waals surface area contributed by atoms with E-state index >= 15 is 0 Å². The maximum Gasteiger partial charge on any atom is 0.239 e. The van der Waals surface area contributed by atoms with E-state index in [0.717, 1.165) is 52.0 Å². The summed E-state index contributed by atoms with van der Waals surface area (Å²) in [6, 6.07) is 1.66. The highest BCUT2D eigenvalue weighted by atomic mass is 35.5. The van der Waals surface area contributed by atoms with Gasteiger partial charge < -0.3 is 15.4 Å².